The first-order valence-electron chi connectivity index (χ1n) is 7.90. The van der Waals surface area contributed by atoms with Gasteiger partial charge in [0.05, 0.1) is 11.1 Å². The number of nitrogens with one attached hydrogen (secondary N) is 1. The third-order valence-corrected chi connectivity index (χ3v) is 6.38. The number of nitrogens with zero attached hydrogens (tertiary/aromatic N) is 1. The molecule has 2 aromatic rings. The number of hydrogen-bond acceptors (Lipinski definition) is 4. The minimum absolute atomic E-state index is 0.258. The molecular formula is C18H12Cl4N2O3S. The quantitative estimate of drug-likeness (QED) is 0.297. The lowest BCUT2D eigenvalue weighted by atomic mass is 10.1. The second-order valence-corrected chi connectivity index (χ2v) is 9.79. The molecular weight excluding hydrogens is 466 g/mol. The van der Waals surface area contributed by atoms with Crippen LogP contribution in [0, 0.1) is 0 Å². The molecule has 2 aromatic carbocycles. The Balaban J connectivity index is 1.70. The largest absolute Gasteiger partial charge is 0.338 e. The summed E-state index contributed by atoms with van der Waals surface area (Å²) in [4.78, 5) is 38.8. The third kappa shape index (κ3) is 4.75. The van der Waals surface area contributed by atoms with Gasteiger partial charge in [-0.3, -0.25) is 19.3 Å². The zero-order chi connectivity index (χ0) is 20.5. The molecule has 0 fully saturated rings. The van der Waals surface area contributed by atoms with Gasteiger partial charge in [-0.05, 0) is 36.4 Å². The van der Waals surface area contributed by atoms with E-state index >= 15 is 0 Å². The summed E-state index contributed by atoms with van der Waals surface area (Å²) in [6.45, 7) is -0.481. The Morgan fingerprint density at radius 3 is 2.04 bits per heavy atom. The van der Waals surface area contributed by atoms with Crippen LogP contribution < -0.4 is 5.32 Å². The van der Waals surface area contributed by atoms with Crippen LogP contribution in [-0.2, 0) is 4.79 Å². The summed E-state index contributed by atoms with van der Waals surface area (Å²) in [6, 6.07) is 13.1. The Morgan fingerprint density at radius 2 is 1.54 bits per heavy atom. The maximum Gasteiger partial charge on any atom is 0.262 e. The van der Waals surface area contributed by atoms with Crippen LogP contribution in [0.3, 0.4) is 0 Å². The number of halogens is 4. The van der Waals surface area contributed by atoms with Gasteiger partial charge in [0.15, 0.2) is 0 Å². The van der Waals surface area contributed by atoms with E-state index in [2.05, 4.69) is 5.32 Å². The number of benzene rings is 2. The molecule has 0 spiro atoms. The number of amides is 3. The molecule has 0 saturated heterocycles. The summed E-state index contributed by atoms with van der Waals surface area (Å²) >= 11 is 24.9. The molecule has 0 aromatic heterocycles. The molecule has 1 atom stereocenters. The monoisotopic (exact) mass is 476 g/mol. The normalized spacial score (nSPS) is 14.8. The fourth-order valence-corrected chi connectivity index (χ4v) is 4.13. The van der Waals surface area contributed by atoms with E-state index in [4.69, 9.17) is 46.4 Å². The van der Waals surface area contributed by atoms with Crippen LogP contribution in [0.4, 0.5) is 0 Å². The van der Waals surface area contributed by atoms with E-state index in [1.165, 1.54) is 12.1 Å². The molecule has 1 heterocycles. The molecule has 1 aliphatic rings. The van der Waals surface area contributed by atoms with E-state index in [1.54, 1.807) is 36.4 Å². The predicted molar refractivity (Wildman–Crippen MR) is 111 cm³/mol. The van der Waals surface area contributed by atoms with Gasteiger partial charge in [0.1, 0.15) is 11.9 Å². The van der Waals surface area contributed by atoms with Crippen LogP contribution in [0.25, 0.3) is 0 Å². The van der Waals surface area contributed by atoms with Crippen LogP contribution in [0.15, 0.2) is 53.4 Å². The maximum atomic E-state index is 12.5. The first-order valence-corrected chi connectivity index (χ1v) is 10.3. The second-order valence-electron chi connectivity index (χ2n) is 5.80. The average Bonchev–Trinajstić information content (AvgIpc) is 2.87. The molecule has 28 heavy (non-hydrogen) atoms. The van der Waals surface area contributed by atoms with Crippen molar-refractivity contribution in [2.45, 2.75) is 14.1 Å². The van der Waals surface area contributed by atoms with Gasteiger partial charge >= 0.3 is 0 Å². The summed E-state index contributed by atoms with van der Waals surface area (Å²) in [5.74, 6) is -1.70. The summed E-state index contributed by atoms with van der Waals surface area (Å²) in [6.07, 6.45) is 0. The number of fused-ring (bicyclic) bond motifs is 1. The smallest absolute Gasteiger partial charge is 0.262 e. The van der Waals surface area contributed by atoms with E-state index in [0.717, 1.165) is 16.7 Å². The van der Waals surface area contributed by atoms with E-state index in [9.17, 15) is 14.4 Å². The predicted octanol–water partition coefficient (Wildman–Crippen LogP) is 4.54. The van der Waals surface area contributed by atoms with E-state index in [-0.39, 0.29) is 11.1 Å². The van der Waals surface area contributed by atoms with Crippen LogP contribution in [-0.4, -0.2) is 38.3 Å². The Bertz CT molecular complexity index is 896. The van der Waals surface area contributed by atoms with Crippen molar-refractivity contribution in [3.63, 3.8) is 0 Å². The van der Waals surface area contributed by atoms with Gasteiger partial charge in [-0.25, -0.2) is 0 Å². The zero-order valence-electron chi connectivity index (χ0n) is 14.0. The first kappa shape index (κ1) is 21.3. The minimum atomic E-state index is -1.83. The van der Waals surface area contributed by atoms with Gasteiger partial charge < -0.3 is 5.32 Å². The van der Waals surface area contributed by atoms with Gasteiger partial charge in [-0.2, -0.15) is 0 Å². The lowest BCUT2D eigenvalue weighted by Crippen LogP contribution is -2.47. The molecule has 3 rings (SSSR count). The van der Waals surface area contributed by atoms with Crippen molar-refractivity contribution < 1.29 is 14.4 Å². The fraction of sp³-hybridized carbons (Fsp3) is 0.167. The Morgan fingerprint density at radius 1 is 1.00 bits per heavy atom. The SMILES string of the molecule is O=C(CN1C(=O)c2ccccc2C1=O)N[C@@H](Sc1ccc(Cl)cc1)C(Cl)(Cl)Cl. The molecule has 0 unspecified atom stereocenters. The highest BCUT2D eigenvalue weighted by Crippen LogP contribution is 2.39. The Hall–Kier alpha value is -1.44. The van der Waals surface area contributed by atoms with Crippen LogP contribution >= 0.6 is 58.2 Å². The number of carbonyl (C=O) groups is 3. The number of alkyl halides is 3. The van der Waals surface area contributed by atoms with Crippen molar-refractivity contribution in [2.75, 3.05) is 6.54 Å². The maximum absolute atomic E-state index is 12.5. The third-order valence-electron chi connectivity index (χ3n) is 3.84. The van der Waals surface area contributed by atoms with Gasteiger partial charge in [0.25, 0.3) is 11.8 Å². The molecule has 0 bridgehead atoms. The summed E-state index contributed by atoms with van der Waals surface area (Å²) in [7, 11) is 0. The van der Waals surface area contributed by atoms with E-state index in [0.29, 0.717) is 9.92 Å². The number of rotatable bonds is 5. The molecule has 10 heteroatoms. The number of hydrogen-bond donors (Lipinski definition) is 1. The van der Waals surface area contributed by atoms with Crippen molar-refractivity contribution in [2.24, 2.45) is 0 Å². The van der Waals surface area contributed by atoms with E-state index in [1.807, 2.05) is 0 Å². The highest BCUT2D eigenvalue weighted by Gasteiger charge is 2.39. The number of carbonyl (C=O) groups excluding carboxylic acids is 3. The van der Waals surface area contributed by atoms with Crippen molar-refractivity contribution in [1.82, 2.24) is 10.2 Å². The molecule has 5 nitrogen and oxygen atoms in total. The summed E-state index contributed by atoms with van der Waals surface area (Å²) < 4.78 is -1.83. The number of imide groups is 1. The lowest BCUT2D eigenvalue weighted by Gasteiger charge is -2.26. The fourth-order valence-electron chi connectivity index (χ4n) is 2.55. The highest BCUT2D eigenvalue weighted by atomic mass is 35.6. The summed E-state index contributed by atoms with van der Waals surface area (Å²) in [5, 5.41) is 2.15. The van der Waals surface area contributed by atoms with Gasteiger partial charge in [0, 0.05) is 9.92 Å². The van der Waals surface area contributed by atoms with Crippen LogP contribution in [0.1, 0.15) is 20.7 Å². The van der Waals surface area contributed by atoms with Gasteiger partial charge in [-0.1, -0.05) is 70.3 Å². The minimum Gasteiger partial charge on any atom is -0.338 e. The number of thioether (sulfide) groups is 1. The summed E-state index contributed by atoms with van der Waals surface area (Å²) in [5.41, 5.74) is 0.516. The zero-order valence-corrected chi connectivity index (χ0v) is 17.8. The topological polar surface area (TPSA) is 66.5 Å². The molecule has 3 amide bonds. The standard InChI is InChI=1S/C18H12Cl4N2O3S/c19-10-5-7-11(8-6-10)28-17(18(20,21)22)23-14(25)9-24-15(26)12-3-1-2-4-13(12)16(24)27/h1-8,17H,9H2,(H,23,25)/t17-/m0/s1. The van der Waals surface area contributed by atoms with E-state index < -0.39 is 33.4 Å². The molecule has 1 N–H and O–H groups in total. The molecule has 0 aliphatic carbocycles. The van der Waals surface area contributed by atoms with Gasteiger partial charge in [-0.15, -0.1) is 0 Å². The molecule has 146 valence electrons. The van der Waals surface area contributed by atoms with Crippen molar-refractivity contribution in [3.8, 4) is 0 Å². The van der Waals surface area contributed by atoms with Crippen LogP contribution in [0.2, 0.25) is 5.02 Å². The van der Waals surface area contributed by atoms with Crippen molar-refractivity contribution in [1.29, 1.82) is 0 Å². The molecule has 0 saturated carbocycles. The van der Waals surface area contributed by atoms with Crippen molar-refractivity contribution >= 4 is 75.9 Å². The van der Waals surface area contributed by atoms with Crippen LogP contribution in [0.5, 0.6) is 0 Å². The Kier molecular flexibility index (Phi) is 6.47. The second kappa shape index (κ2) is 8.51. The van der Waals surface area contributed by atoms with Crippen molar-refractivity contribution in [3.05, 3.63) is 64.7 Å². The lowest BCUT2D eigenvalue weighted by molar-refractivity contribution is -0.121. The Labute approximate surface area is 185 Å². The molecule has 0 radical (unpaired) electrons. The first-order chi connectivity index (χ1) is 13.2. The average molecular weight is 478 g/mol. The molecule has 1 aliphatic heterocycles. The van der Waals surface area contributed by atoms with Gasteiger partial charge in [0.2, 0.25) is 9.70 Å². The highest BCUT2D eigenvalue weighted by molar-refractivity contribution is 8.00.